The molecule has 2 N–H and O–H groups in total. The highest BCUT2D eigenvalue weighted by Crippen LogP contribution is 2.35. The molecule has 0 aromatic carbocycles. The number of aliphatic hydroxyl groups is 1. The maximum Gasteiger partial charge on any atom is 0.243 e. The Bertz CT molecular complexity index is 407. The van der Waals surface area contributed by atoms with Crippen LogP contribution in [0.15, 0.2) is 4.52 Å². The molecule has 4 atom stereocenters. The van der Waals surface area contributed by atoms with Crippen molar-refractivity contribution in [2.45, 2.75) is 57.1 Å². The molecule has 1 aliphatic heterocycles. The Labute approximate surface area is 107 Å². The SMILES string of the molecule is CC1CCCC(c2noc([C@@H]3C[C@@H](O)CN3)n2)C1. The normalized spacial score (nSPS) is 37.0. The average molecular weight is 251 g/mol. The summed E-state index contributed by atoms with van der Waals surface area (Å²) in [6.07, 6.45) is 5.29. The Hall–Kier alpha value is -0.940. The van der Waals surface area contributed by atoms with Gasteiger partial charge in [0.1, 0.15) is 0 Å². The van der Waals surface area contributed by atoms with Gasteiger partial charge in [-0.2, -0.15) is 4.98 Å². The molecule has 1 aliphatic carbocycles. The highest BCUT2D eigenvalue weighted by molar-refractivity contribution is 5.02. The summed E-state index contributed by atoms with van der Waals surface area (Å²) >= 11 is 0. The highest BCUT2D eigenvalue weighted by atomic mass is 16.5. The quantitative estimate of drug-likeness (QED) is 0.838. The first-order valence-electron chi connectivity index (χ1n) is 6.97. The van der Waals surface area contributed by atoms with E-state index in [4.69, 9.17) is 4.52 Å². The Morgan fingerprint density at radius 2 is 2.22 bits per heavy atom. The van der Waals surface area contributed by atoms with E-state index in [0.29, 0.717) is 24.8 Å². The van der Waals surface area contributed by atoms with E-state index in [0.717, 1.165) is 11.7 Å². The monoisotopic (exact) mass is 251 g/mol. The zero-order chi connectivity index (χ0) is 12.5. The first-order valence-corrected chi connectivity index (χ1v) is 6.97. The predicted molar refractivity (Wildman–Crippen MR) is 66.0 cm³/mol. The first kappa shape index (κ1) is 12.1. The number of β-amino-alcohol motifs (C(OH)–C–C–N with tert-alkyl or cyclic N) is 1. The maximum absolute atomic E-state index is 9.50. The maximum atomic E-state index is 9.50. The summed E-state index contributed by atoms with van der Waals surface area (Å²) in [5.74, 6) is 2.72. The number of hydrogen-bond acceptors (Lipinski definition) is 5. The fourth-order valence-corrected chi connectivity index (χ4v) is 3.13. The first-order chi connectivity index (χ1) is 8.72. The van der Waals surface area contributed by atoms with Crippen molar-refractivity contribution in [2.75, 3.05) is 6.54 Å². The molecule has 0 amide bonds. The third-order valence-electron chi connectivity index (χ3n) is 4.16. The molecule has 5 nitrogen and oxygen atoms in total. The Kier molecular flexibility index (Phi) is 3.35. The Morgan fingerprint density at radius 3 is 2.94 bits per heavy atom. The summed E-state index contributed by atoms with van der Waals surface area (Å²) in [5.41, 5.74) is 0. The van der Waals surface area contributed by atoms with Gasteiger partial charge in [-0.25, -0.2) is 0 Å². The van der Waals surface area contributed by atoms with E-state index in [2.05, 4.69) is 22.4 Å². The Morgan fingerprint density at radius 1 is 1.33 bits per heavy atom. The number of rotatable bonds is 2. The van der Waals surface area contributed by atoms with Crippen molar-refractivity contribution in [1.29, 1.82) is 0 Å². The molecule has 2 fully saturated rings. The number of hydrogen-bond donors (Lipinski definition) is 2. The van der Waals surface area contributed by atoms with Crippen LogP contribution < -0.4 is 5.32 Å². The van der Waals surface area contributed by atoms with Crippen LogP contribution in [0.25, 0.3) is 0 Å². The van der Waals surface area contributed by atoms with Gasteiger partial charge in [-0.15, -0.1) is 0 Å². The summed E-state index contributed by atoms with van der Waals surface area (Å²) in [6, 6.07) is 0.0299. The minimum absolute atomic E-state index is 0.0299. The number of nitrogens with zero attached hydrogens (tertiary/aromatic N) is 2. The molecule has 0 spiro atoms. The molecule has 100 valence electrons. The number of nitrogens with one attached hydrogen (secondary N) is 1. The van der Waals surface area contributed by atoms with Gasteiger partial charge in [-0.05, 0) is 25.2 Å². The molecule has 1 aromatic heterocycles. The van der Waals surface area contributed by atoms with Gasteiger partial charge in [0.2, 0.25) is 5.89 Å². The largest absolute Gasteiger partial charge is 0.392 e. The van der Waals surface area contributed by atoms with Crippen molar-refractivity contribution in [3.63, 3.8) is 0 Å². The van der Waals surface area contributed by atoms with Gasteiger partial charge < -0.3 is 14.9 Å². The highest BCUT2D eigenvalue weighted by Gasteiger charge is 2.30. The molecular weight excluding hydrogens is 230 g/mol. The van der Waals surface area contributed by atoms with E-state index >= 15 is 0 Å². The lowest BCUT2D eigenvalue weighted by atomic mass is 9.82. The van der Waals surface area contributed by atoms with Crippen LogP contribution in [-0.2, 0) is 0 Å². The van der Waals surface area contributed by atoms with Crippen molar-refractivity contribution in [1.82, 2.24) is 15.5 Å². The topological polar surface area (TPSA) is 71.2 Å². The van der Waals surface area contributed by atoms with Gasteiger partial charge in [0, 0.05) is 12.5 Å². The molecule has 2 aliphatic rings. The molecule has 0 bridgehead atoms. The lowest BCUT2D eigenvalue weighted by molar-refractivity contribution is 0.191. The fraction of sp³-hybridized carbons (Fsp3) is 0.846. The minimum atomic E-state index is -0.292. The molecule has 2 unspecified atom stereocenters. The zero-order valence-corrected chi connectivity index (χ0v) is 10.8. The van der Waals surface area contributed by atoms with Crippen molar-refractivity contribution < 1.29 is 9.63 Å². The third-order valence-corrected chi connectivity index (χ3v) is 4.16. The van der Waals surface area contributed by atoms with Crippen LogP contribution >= 0.6 is 0 Å². The minimum Gasteiger partial charge on any atom is -0.392 e. The summed E-state index contributed by atoms with van der Waals surface area (Å²) in [6.45, 7) is 2.91. The molecule has 18 heavy (non-hydrogen) atoms. The second-order valence-corrected chi connectivity index (χ2v) is 5.81. The van der Waals surface area contributed by atoms with Crippen molar-refractivity contribution >= 4 is 0 Å². The third kappa shape index (κ3) is 2.42. The van der Waals surface area contributed by atoms with Gasteiger partial charge in [-0.1, -0.05) is 24.9 Å². The van der Waals surface area contributed by atoms with Crippen molar-refractivity contribution in [3.8, 4) is 0 Å². The number of aliphatic hydroxyl groups excluding tert-OH is 1. The average Bonchev–Trinajstić information content (AvgIpc) is 2.97. The van der Waals surface area contributed by atoms with Crippen LogP contribution in [0.1, 0.15) is 62.7 Å². The second kappa shape index (κ2) is 4.97. The van der Waals surface area contributed by atoms with Gasteiger partial charge >= 0.3 is 0 Å². The molecule has 1 aromatic rings. The van der Waals surface area contributed by atoms with Crippen LogP contribution in [0.2, 0.25) is 0 Å². The van der Waals surface area contributed by atoms with Crippen LogP contribution in [0.3, 0.4) is 0 Å². The molecule has 3 rings (SSSR count). The lowest BCUT2D eigenvalue weighted by Crippen LogP contribution is -2.15. The summed E-state index contributed by atoms with van der Waals surface area (Å²) in [4.78, 5) is 4.53. The van der Waals surface area contributed by atoms with Crippen molar-refractivity contribution in [3.05, 3.63) is 11.7 Å². The second-order valence-electron chi connectivity index (χ2n) is 5.81. The van der Waals surface area contributed by atoms with Crippen molar-refractivity contribution in [2.24, 2.45) is 5.92 Å². The molecule has 2 heterocycles. The van der Waals surface area contributed by atoms with E-state index in [1.807, 2.05) is 0 Å². The standard InChI is InChI=1S/C13H21N3O2/c1-8-3-2-4-9(5-8)12-15-13(18-16-12)11-6-10(17)7-14-11/h8-11,14,17H,2-7H2,1H3/t8?,9?,10-,11+/m1/s1. The van der Waals surface area contributed by atoms with Gasteiger partial charge in [0.05, 0.1) is 12.1 Å². The van der Waals surface area contributed by atoms with Gasteiger partial charge in [0.15, 0.2) is 5.82 Å². The Balaban J connectivity index is 1.69. The summed E-state index contributed by atoms with van der Waals surface area (Å²) in [7, 11) is 0. The van der Waals surface area contributed by atoms with E-state index in [1.54, 1.807) is 0 Å². The molecule has 1 saturated carbocycles. The number of aromatic nitrogens is 2. The lowest BCUT2D eigenvalue weighted by Gasteiger charge is -2.23. The molecule has 5 heteroatoms. The predicted octanol–water partition coefficient (Wildman–Crippen LogP) is 1.76. The molecule has 0 radical (unpaired) electrons. The fourth-order valence-electron chi connectivity index (χ4n) is 3.13. The van der Waals surface area contributed by atoms with Crippen LogP contribution in [0, 0.1) is 5.92 Å². The zero-order valence-electron chi connectivity index (χ0n) is 10.8. The molecular formula is C13H21N3O2. The summed E-state index contributed by atoms with van der Waals surface area (Å²) < 4.78 is 5.35. The smallest absolute Gasteiger partial charge is 0.243 e. The van der Waals surface area contributed by atoms with Crippen LogP contribution in [-0.4, -0.2) is 27.9 Å². The van der Waals surface area contributed by atoms with E-state index in [9.17, 15) is 5.11 Å². The van der Waals surface area contributed by atoms with Gasteiger partial charge in [0.25, 0.3) is 0 Å². The summed E-state index contributed by atoms with van der Waals surface area (Å²) in [5, 5.41) is 16.8. The molecule has 1 saturated heterocycles. The van der Waals surface area contributed by atoms with E-state index in [1.165, 1.54) is 25.7 Å². The van der Waals surface area contributed by atoms with Crippen LogP contribution in [0.5, 0.6) is 0 Å². The van der Waals surface area contributed by atoms with Gasteiger partial charge in [-0.3, -0.25) is 0 Å². The van der Waals surface area contributed by atoms with Crippen LogP contribution in [0.4, 0.5) is 0 Å². The van der Waals surface area contributed by atoms with E-state index < -0.39 is 0 Å². The van der Waals surface area contributed by atoms with E-state index in [-0.39, 0.29) is 12.1 Å².